The zero-order chi connectivity index (χ0) is 13.9. The molecule has 0 amide bonds. The largest absolute Gasteiger partial charge is 0.368 e. The first-order valence-electron chi connectivity index (χ1n) is 6.22. The summed E-state index contributed by atoms with van der Waals surface area (Å²) in [5.74, 6) is 0.0130. The molecule has 0 aromatic heterocycles. The summed E-state index contributed by atoms with van der Waals surface area (Å²) in [4.78, 5) is 2.11. The number of halogens is 1. The molecule has 19 heavy (non-hydrogen) atoms. The minimum absolute atomic E-state index is 0.0130. The van der Waals surface area contributed by atoms with E-state index >= 15 is 0 Å². The molecule has 5 nitrogen and oxygen atoms in total. The third kappa shape index (κ3) is 3.39. The summed E-state index contributed by atoms with van der Waals surface area (Å²) >= 11 is 6.14. The quantitative estimate of drug-likeness (QED) is 0.891. The van der Waals surface area contributed by atoms with Crippen LogP contribution in [0.15, 0.2) is 24.3 Å². The lowest BCUT2D eigenvalue weighted by molar-refractivity contribution is 0.385. The third-order valence-corrected chi connectivity index (χ3v) is 5.42. The molecule has 0 bridgehead atoms. The van der Waals surface area contributed by atoms with E-state index < -0.39 is 10.0 Å². The molecule has 2 rings (SSSR count). The van der Waals surface area contributed by atoms with Gasteiger partial charge in [0.2, 0.25) is 10.0 Å². The average Bonchev–Trinajstić information content (AvgIpc) is 2.39. The van der Waals surface area contributed by atoms with Crippen LogP contribution in [-0.2, 0) is 10.0 Å². The fourth-order valence-electron chi connectivity index (χ4n) is 2.19. The lowest BCUT2D eigenvalue weighted by atomic mass is 10.2. The van der Waals surface area contributed by atoms with Crippen molar-refractivity contribution < 1.29 is 8.42 Å². The minimum atomic E-state index is -3.20. The molecule has 0 radical (unpaired) electrons. The third-order valence-electron chi connectivity index (χ3n) is 3.20. The number of benzene rings is 1. The predicted molar refractivity (Wildman–Crippen MR) is 78.1 cm³/mol. The molecule has 1 saturated heterocycles. The summed E-state index contributed by atoms with van der Waals surface area (Å²) in [5, 5.41) is 0.695. The van der Waals surface area contributed by atoms with Gasteiger partial charge in [0, 0.05) is 32.7 Å². The summed E-state index contributed by atoms with van der Waals surface area (Å²) in [6, 6.07) is 7.60. The van der Waals surface area contributed by atoms with E-state index in [-0.39, 0.29) is 12.3 Å². The molecule has 0 unspecified atom stereocenters. The van der Waals surface area contributed by atoms with Crippen LogP contribution in [0.2, 0.25) is 5.02 Å². The lowest BCUT2D eigenvalue weighted by Gasteiger charge is -2.35. The first-order valence-corrected chi connectivity index (χ1v) is 8.20. The molecule has 1 aliphatic rings. The van der Waals surface area contributed by atoms with Gasteiger partial charge < -0.3 is 10.6 Å². The molecular formula is C12H18ClN3O2S. The van der Waals surface area contributed by atoms with Crippen LogP contribution in [0, 0.1) is 0 Å². The van der Waals surface area contributed by atoms with Gasteiger partial charge in [-0.2, -0.15) is 4.31 Å². The second kappa shape index (κ2) is 6.09. The van der Waals surface area contributed by atoms with E-state index in [1.807, 2.05) is 24.3 Å². The van der Waals surface area contributed by atoms with Gasteiger partial charge in [-0.15, -0.1) is 0 Å². The Morgan fingerprint density at radius 1 is 1.16 bits per heavy atom. The maximum Gasteiger partial charge on any atom is 0.215 e. The van der Waals surface area contributed by atoms with Gasteiger partial charge in [-0.1, -0.05) is 23.7 Å². The van der Waals surface area contributed by atoms with E-state index in [9.17, 15) is 8.42 Å². The molecule has 1 fully saturated rings. The van der Waals surface area contributed by atoms with Crippen molar-refractivity contribution in [3.05, 3.63) is 29.3 Å². The smallest absolute Gasteiger partial charge is 0.215 e. The van der Waals surface area contributed by atoms with E-state index in [0.717, 1.165) is 5.69 Å². The van der Waals surface area contributed by atoms with Gasteiger partial charge in [-0.25, -0.2) is 8.42 Å². The van der Waals surface area contributed by atoms with Crippen molar-refractivity contribution in [1.29, 1.82) is 0 Å². The van der Waals surface area contributed by atoms with E-state index in [2.05, 4.69) is 4.90 Å². The van der Waals surface area contributed by atoms with Crippen LogP contribution in [0.3, 0.4) is 0 Å². The molecule has 1 aliphatic heterocycles. The average molecular weight is 304 g/mol. The summed E-state index contributed by atoms with van der Waals surface area (Å²) in [6.07, 6.45) is 0. The number of hydrogen-bond acceptors (Lipinski definition) is 4. The van der Waals surface area contributed by atoms with E-state index in [4.69, 9.17) is 17.3 Å². The zero-order valence-electron chi connectivity index (χ0n) is 10.6. The van der Waals surface area contributed by atoms with Gasteiger partial charge >= 0.3 is 0 Å². The Hall–Kier alpha value is -0.820. The Labute approximate surface area is 119 Å². The number of sulfonamides is 1. The molecule has 0 atom stereocenters. The van der Waals surface area contributed by atoms with Crippen LogP contribution in [0.5, 0.6) is 0 Å². The summed E-state index contributed by atoms with van der Waals surface area (Å²) in [5.41, 5.74) is 6.28. The summed E-state index contributed by atoms with van der Waals surface area (Å²) < 4.78 is 25.3. The highest BCUT2D eigenvalue weighted by atomic mass is 35.5. The number of nitrogens with zero attached hydrogens (tertiary/aromatic N) is 2. The molecule has 0 spiro atoms. The summed E-state index contributed by atoms with van der Waals surface area (Å²) in [7, 11) is -3.20. The Morgan fingerprint density at radius 2 is 1.79 bits per heavy atom. The van der Waals surface area contributed by atoms with Gasteiger partial charge in [0.05, 0.1) is 16.5 Å². The van der Waals surface area contributed by atoms with E-state index in [1.54, 1.807) is 0 Å². The van der Waals surface area contributed by atoms with Crippen molar-refractivity contribution in [2.45, 2.75) is 0 Å². The van der Waals surface area contributed by atoms with Gasteiger partial charge in [0.15, 0.2) is 0 Å². The molecule has 2 N–H and O–H groups in total. The van der Waals surface area contributed by atoms with Gasteiger partial charge in [-0.3, -0.25) is 0 Å². The second-order valence-corrected chi connectivity index (χ2v) is 6.94. The molecule has 7 heteroatoms. The zero-order valence-corrected chi connectivity index (χ0v) is 12.2. The van der Waals surface area contributed by atoms with Crippen LogP contribution in [0.1, 0.15) is 0 Å². The van der Waals surface area contributed by atoms with Crippen LogP contribution < -0.4 is 10.6 Å². The first kappa shape index (κ1) is 14.6. The molecule has 1 aromatic carbocycles. The second-order valence-electron chi connectivity index (χ2n) is 4.44. The standard InChI is InChI=1S/C12H18ClN3O2S/c13-11-3-1-2-4-12(11)15-6-8-16(9-7-15)19(17,18)10-5-14/h1-4H,5-10,14H2. The number of anilines is 1. The highest BCUT2D eigenvalue weighted by molar-refractivity contribution is 7.89. The normalized spacial score (nSPS) is 17.7. The predicted octanol–water partition coefficient (Wildman–Crippen LogP) is 0.751. The molecule has 1 aromatic rings. The van der Waals surface area contributed by atoms with Crippen molar-refractivity contribution in [3.8, 4) is 0 Å². The Bertz CT molecular complexity index is 528. The molecular weight excluding hydrogens is 286 g/mol. The molecule has 106 valence electrons. The van der Waals surface area contributed by atoms with Crippen LogP contribution in [0.25, 0.3) is 0 Å². The Balaban J connectivity index is 2.02. The van der Waals surface area contributed by atoms with Crippen LogP contribution in [-0.4, -0.2) is 51.2 Å². The Kier molecular flexibility index (Phi) is 4.67. The van der Waals surface area contributed by atoms with E-state index in [1.165, 1.54) is 4.31 Å². The van der Waals surface area contributed by atoms with Crippen molar-refractivity contribution in [3.63, 3.8) is 0 Å². The van der Waals surface area contributed by atoms with Gasteiger partial charge in [0.25, 0.3) is 0 Å². The van der Waals surface area contributed by atoms with Gasteiger partial charge in [0.1, 0.15) is 0 Å². The fourth-order valence-corrected chi connectivity index (χ4v) is 3.72. The maximum atomic E-state index is 11.9. The maximum absolute atomic E-state index is 11.9. The number of nitrogens with two attached hydrogens (primary N) is 1. The van der Waals surface area contributed by atoms with Crippen molar-refractivity contribution in [2.75, 3.05) is 43.4 Å². The summed E-state index contributed by atoms with van der Waals surface area (Å²) in [6.45, 7) is 2.41. The van der Waals surface area contributed by atoms with E-state index in [0.29, 0.717) is 31.2 Å². The first-order chi connectivity index (χ1) is 9.04. The molecule has 0 aliphatic carbocycles. The van der Waals surface area contributed by atoms with Crippen molar-refractivity contribution in [2.24, 2.45) is 5.73 Å². The van der Waals surface area contributed by atoms with Crippen LogP contribution in [0.4, 0.5) is 5.69 Å². The highest BCUT2D eigenvalue weighted by Gasteiger charge is 2.26. The topological polar surface area (TPSA) is 66.6 Å². The van der Waals surface area contributed by atoms with Gasteiger partial charge in [-0.05, 0) is 12.1 Å². The Morgan fingerprint density at radius 3 is 2.37 bits per heavy atom. The van der Waals surface area contributed by atoms with Crippen molar-refractivity contribution >= 4 is 27.3 Å². The monoisotopic (exact) mass is 303 g/mol. The van der Waals surface area contributed by atoms with Crippen molar-refractivity contribution in [1.82, 2.24) is 4.31 Å². The number of hydrogen-bond donors (Lipinski definition) is 1. The van der Waals surface area contributed by atoms with Crippen LogP contribution >= 0.6 is 11.6 Å². The molecule has 0 saturated carbocycles. The lowest BCUT2D eigenvalue weighted by Crippen LogP contribution is -2.49. The number of rotatable bonds is 4. The minimum Gasteiger partial charge on any atom is -0.368 e. The fraction of sp³-hybridized carbons (Fsp3) is 0.500. The molecule has 1 heterocycles. The number of para-hydroxylation sites is 1. The SMILES string of the molecule is NCCS(=O)(=O)N1CCN(c2ccccc2Cl)CC1. The highest BCUT2D eigenvalue weighted by Crippen LogP contribution is 2.26. The number of piperazine rings is 1.